The molecule has 1 aliphatic carbocycles. The SMILES string of the molecule is CCOc1cc(NCc2ccc(Cl)cc2)nc(C2CC2)n1. The number of ether oxygens (including phenoxy) is 1. The predicted octanol–water partition coefficient (Wildman–Crippen LogP) is 4.02. The molecular formula is C16H18ClN3O. The van der Waals surface area contributed by atoms with Gasteiger partial charge in [-0.2, -0.15) is 4.98 Å². The van der Waals surface area contributed by atoms with Gasteiger partial charge in [-0.25, -0.2) is 4.98 Å². The van der Waals surface area contributed by atoms with E-state index in [1.54, 1.807) is 0 Å². The average molecular weight is 304 g/mol. The first kappa shape index (κ1) is 14.1. The molecule has 0 spiro atoms. The Kier molecular flexibility index (Phi) is 4.25. The zero-order valence-corrected chi connectivity index (χ0v) is 12.7. The van der Waals surface area contributed by atoms with Crippen molar-refractivity contribution in [1.29, 1.82) is 0 Å². The highest BCUT2D eigenvalue weighted by Crippen LogP contribution is 2.39. The molecule has 0 amide bonds. The fourth-order valence-electron chi connectivity index (χ4n) is 2.07. The standard InChI is InChI=1S/C16H18ClN3O/c1-2-21-15-9-14(19-16(20-15)12-5-6-12)18-10-11-3-7-13(17)8-4-11/h3-4,7-9,12H,2,5-6,10H2,1H3,(H,18,19,20). The summed E-state index contributed by atoms with van der Waals surface area (Å²) in [6.07, 6.45) is 2.35. The van der Waals surface area contributed by atoms with E-state index in [1.165, 1.54) is 12.8 Å². The third kappa shape index (κ3) is 3.85. The monoisotopic (exact) mass is 303 g/mol. The van der Waals surface area contributed by atoms with Gasteiger partial charge in [0.15, 0.2) is 0 Å². The molecule has 0 bridgehead atoms. The Morgan fingerprint density at radius 3 is 2.67 bits per heavy atom. The van der Waals surface area contributed by atoms with Crippen LogP contribution in [0.1, 0.15) is 37.1 Å². The summed E-state index contributed by atoms with van der Waals surface area (Å²) in [7, 11) is 0. The zero-order chi connectivity index (χ0) is 14.7. The molecule has 0 saturated heterocycles. The van der Waals surface area contributed by atoms with Gasteiger partial charge in [-0.3, -0.25) is 0 Å². The summed E-state index contributed by atoms with van der Waals surface area (Å²) < 4.78 is 5.52. The number of rotatable bonds is 6. The Balaban J connectivity index is 1.72. The van der Waals surface area contributed by atoms with Crippen molar-refractivity contribution in [3.8, 4) is 5.88 Å². The molecule has 1 aliphatic rings. The van der Waals surface area contributed by atoms with Crippen molar-refractivity contribution < 1.29 is 4.74 Å². The van der Waals surface area contributed by atoms with Gasteiger partial charge in [0.2, 0.25) is 5.88 Å². The summed E-state index contributed by atoms with van der Waals surface area (Å²) in [4.78, 5) is 9.04. The number of nitrogens with one attached hydrogen (secondary N) is 1. The first-order valence-corrected chi connectivity index (χ1v) is 7.62. The summed E-state index contributed by atoms with van der Waals surface area (Å²) in [5, 5.41) is 4.07. The van der Waals surface area contributed by atoms with E-state index in [9.17, 15) is 0 Å². The smallest absolute Gasteiger partial charge is 0.218 e. The van der Waals surface area contributed by atoms with E-state index in [-0.39, 0.29) is 0 Å². The van der Waals surface area contributed by atoms with Crippen molar-refractivity contribution in [2.75, 3.05) is 11.9 Å². The minimum absolute atomic E-state index is 0.501. The molecule has 4 nitrogen and oxygen atoms in total. The van der Waals surface area contributed by atoms with Crippen LogP contribution in [0.5, 0.6) is 5.88 Å². The Bertz CT molecular complexity index is 611. The Morgan fingerprint density at radius 2 is 2.00 bits per heavy atom. The first-order chi connectivity index (χ1) is 10.2. The molecule has 2 aromatic rings. The minimum atomic E-state index is 0.501. The fraction of sp³-hybridized carbons (Fsp3) is 0.375. The summed E-state index contributed by atoms with van der Waals surface area (Å²) in [5.41, 5.74) is 1.16. The number of hydrogen-bond acceptors (Lipinski definition) is 4. The van der Waals surface area contributed by atoms with Crippen LogP contribution in [0, 0.1) is 0 Å². The van der Waals surface area contributed by atoms with Gasteiger partial charge >= 0.3 is 0 Å². The van der Waals surface area contributed by atoms with Gasteiger partial charge in [0.1, 0.15) is 11.6 Å². The number of nitrogens with zero attached hydrogens (tertiary/aromatic N) is 2. The van der Waals surface area contributed by atoms with Gasteiger partial charge in [-0.05, 0) is 37.5 Å². The third-order valence-electron chi connectivity index (χ3n) is 3.34. The molecule has 1 aromatic heterocycles. The number of hydrogen-bond donors (Lipinski definition) is 1. The second-order valence-corrected chi connectivity index (χ2v) is 5.57. The number of halogens is 1. The van der Waals surface area contributed by atoms with Crippen LogP contribution in [-0.4, -0.2) is 16.6 Å². The van der Waals surface area contributed by atoms with Gasteiger partial charge in [-0.15, -0.1) is 0 Å². The molecule has 5 heteroatoms. The molecule has 0 radical (unpaired) electrons. The molecule has 1 saturated carbocycles. The Morgan fingerprint density at radius 1 is 1.24 bits per heavy atom. The summed E-state index contributed by atoms with van der Waals surface area (Å²) in [6.45, 7) is 3.27. The maximum Gasteiger partial charge on any atom is 0.218 e. The highest BCUT2D eigenvalue weighted by Gasteiger charge is 2.27. The van der Waals surface area contributed by atoms with Gasteiger partial charge < -0.3 is 10.1 Å². The van der Waals surface area contributed by atoms with E-state index in [2.05, 4.69) is 15.3 Å². The molecule has 0 aliphatic heterocycles. The number of aromatic nitrogens is 2. The van der Waals surface area contributed by atoms with E-state index >= 15 is 0 Å². The molecule has 0 atom stereocenters. The highest BCUT2D eigenvalue weighted by molar-refractivity contribution is 6.30. The van der Waals surface area contributed by atoms with Gasteiger partial charge in [0.25, 0.3) is 0 Å². The lowest BCUT2D eigenvalue weighted by Crippen LogP contribution is -2.06. The number of benzene rings is 1. The van der Waals surface area contributed by atoms with Crippen molar-refractivity contribution in [1.82, 2.24) is 9.97 Å². The minimum Gasteiger partial charge on any atom is -0.478 e. The van der Waals surface area contributed by atoms with Crippen molar-refractivity contribution in [3.05, 3.63) is 46.7 Å². The quantitative estimate of drug-likeness (QED) is 0.875. The second-order valence-electron chi connectivity index (χ2n) is 5.14. The molecule has 1 heterocycles. The van der Waals surface area contributed by atoms with Crippen molar-refractivity contribution >= 4 is 17.4 Å². The van der Waals surface area contributed by atoms with Crippen LogP contribution in [0.2, 0.25) is 5.02 Å². The molecule has 1 fully saturated rings. The van der Waals surface area contributed by atoms with Crippen molar-refractivity contribution in [3.63, 3.8) is 0 Å². The van der Waals surface area contributed by atoms with E-state index in [4.69, 9.17) is 16.3 Å². The largest absolute Gasteiger partial charge is 0.478 e. The van der Waals surface area contributed by atoms with Crippen LogP contribution >= 0.6 is 11.6 Å². The lowest BCUT2D eigenvalue weighted by molar-refractivity contribution is 0.325. The zero-order valence-electron chi connectivity index (χ0n) is 12.0. The molecular weight excluding hydrogens is 286 g/mol. The van der Waals surface area contributed by atoms with Crippen molar-refractivity contribution in [2.45, 2.75) is 32.2 Å². The van der Waals surface area contributed by atoms with E-state index in [1.807, 2.05) is 37.3 Å². The lowest BCUT2D eigenvalue weighted by Gasteiger charge is -2.10. The second kappa shape index (κ2) is 6.31. The van der Waals surface area contributed by atoms with Gasteiger partial charge in [0.05, 0.1) is 6.61 Å². The molecule has 110 valence electrons. The highest BCUT2D eigenvalue weighted by atomic mass is 35.5. The third-order valence-corrected chi connectivity index (χ3v) is 3.59. The van der Waals surface area contributed by atoms with Crippen LogP contribution < -0.4 is 10.1 Å². The van der Waals surface area contributed by atoms with Gasteiger partial charge in [0, 0.05) is 23.6 Å². The van der Waals surface area contributed by atoms with Crippen LogP contribution in [0.25, 0.3) is 0 Å². The Hall–Kier alpha value is -1.81. The maximum atomic E-state index is 5.89. The maximum absolute atomic E-state index is 5.89. The summed E-state index contributed by atoms with van der Waals surface area (Å²) in [6, 6.07) is 9.63. The Labute approximate surface area is 129 Å². The molecule has 21 heavy (non-hydrogen) atoms. The lowest BCUT2D eigenvalue weighted by atomic mass is 10.2. The van der Waals surface area contributed by atoms with Crippen LogP contribution in [-0.2, 0) is 6.54 Å². The molecule has 0 unspecified atom stereocenters. The number of anilines is 1. The molecule has 3 rings (SSSR count). The summed E-state index contributed by atoms with van der Waals surface area (Å²) in [5.74, 6) is 2.85. The predicted molar refractivity (Wildman–Crippen MR) is 84.0 cm³/mol. The fourth-order valence-corrected chi connectivity index (χ4v) is 2.20. The topological polar surface area (TPSA) is 47.0 Å². The van der Waals surface area contributed by atoms with Crippen LogP contribution in [0.4, 0.5) is 5.82 Å². The van der Waals surface area contributed by atoms with E-state index < -0.39 is 0 Å². The molecule has 1 N–H and O–H groups in total. The van der Waals surface area contributed by atoms with E-state index in [0.717, 1.165) is 22.2 Å². The van der Waals surface area contributed by atoms with Crippen molar-refractivity contribution in [2.24, 2.45) is 0 Å². The normalized spacial score (nSPS) is 14.0. The van der Waals surface area contributed by atoms with Crippen LogP contribution in [0.15, 0.2) is 30.3 Å². The summed E-state index contributed by atoms with van der Waals surface area (Å²) >= 11 is 5.89. The van der Waals surface area contributed by atoms with Crippen LogP contribution in [0.3, 0.4) is 0 Å². The van der Waals surface area contributed by atoms with Gasteiger partial charge in [-0.1, -0.05) is 23.7 Å². The van der Waals surface area contributed by atoms with E-state index in [0.29, 0.717) is 24.9 Å². The molecule has 1 aromatic carbocycles. The average Bonchev–Trinajstić information content (AvgIpc) is 3.31. The first-order valence-electron chi connectivity index (χ1n) is 7.24.